The molecule has 0 bridgehead atoms. The number of ether oxygens (including phenoxy) is 1. The van der Waals surface area contributed by atoms with E-state index in [0.717, 1.165) is 11.1 Å². The minimum atomic E-state index is -0.652. The Morgan fingerprint density at radius 2 is 1.67 bits per heavy atom. The summed E-state index contributed by atoms with van der Waals surface area (Å²) in [5.41, 5.74) is 2.93. The number of benzene rings is 2. The lowest BCUT2D eigenvalue weighted by atomic mass is 9.85. The van der Waals surface area contributed by atoms with E-state index in [9.17, 15) is 18.8 Å². The molecule has 2 aliphatic rings. The molecule has 1 fully saturated rings. The van der Waals surface area contributed by atoms with Gasteiger partial charge in [0.05, 0.1) is 23.8 Å². The van der Waals surface area contributed by atoms with Crippen LogP contribution >= 0.6 is 0 Å². The number of carbonyl (C=O) groups is 3. The van der Waals surface area contributed by atoms with Gasteiger partial charge < -0.3 is 15.0 Å². The van der Waals surface area contributed by atoms with Crippen molar-refractivity contribution >= 4 is 17.9 Å². The topological polar surface area (TPSA) is 82.2 Å². The Hall–Kier alpha value is -3.72. The minimum absolute atomic E-state index is 0.0324. The van der Waals surface area contributed by atoms with Crippen molar-refractivity contribution in [1.29, 1.82) is 0 Å². The second-order valence-corrected chi connectivity index (χ2v) is 10.9. The molecule has 4 rings (SSSR count). The maximum absolute atomic E-state index is 14.1. The smallest absolute Gasteiger partial charge is 0.338 e. The Morgan fingerprint density at radius 3 is 2.26 bits per heavy atom. The van der Waals surface area contributed by atoms with Crippen molar-refractivity contribution in [2.45, 2.75) is 39.2 Å². The fourth-order valence-electron chi connectivity index (χ4n) is 4.95. The zero-order chi connectivity index (χ0) is 28.3. The quantitative estimate of drug-likeness (QED) is 0.563. The first-order chi connectivity index (χ1) is 18.5. The highest BCUT2D eigenvalue weighted by molar-refractivity contribution is 5.95. The second-order valence-electron chi connectivity index (χ2n) is 10.9. The first-order valence-corrected chi connectivity index (χ1v) is 13.3. The summed E-state index contributed by atoms with van der Waals surface area (Å²) in [5, 5.41) is 2.96. The number of urea groups is 1. The number of amides is 3. The fraction of sp³-hybridized carbons (Fsp3) is 0.433. The molecule has 0 aliphatic carbocycles. The molecular weight excluding hydrogens is 499 g/mol. The van der Waals surface area contributed by atoms with Gasteiger partial charge in [-0.15, -0.1) is 0 Å². The van der Waals surface area contributed by atoms with Crippen molar-refractivity contribution in [2.75, 3.05) is 46.4 Å². The molecule has 208 valence electrons. The first-order valence-electron chi connectivity index (χ1n) is 13.3. The number of hydrogen-bond donors (Lipinski definition) is 1. The third kappa shape index (κ3) is 6.14. The second kappa shape index (κ2) is 11.6. The normalized spacial score (nSPS) is 18.7. The van der Waals surface area contributed by atoms with Crippen molar-refractivity contribution in [3.05, 3.63) is 82.3 Å². The Bertz CT molecular complexity index is 1260. The summed E-state index contributed by atoms with van der Waals surface area (Å²) >= 11 is 0. The zero-order valence-corrected chi connectivity index (χ0v) is 23.3. The zero-order valence-electron chi connectivity index (χ0n) is 23.3. The number of halogens is 1. The summed E-state index contributed by atoms with van der Waals surface area (Å²) in [6.07, 6.45) is 0. The Labute approximate surface area is 229 Å². The van der Waals surface area contributed by atoms with Crippen molar-refractivity contribution < 1.29 is 23.5 Å². The Morgan fingerprint density at radius 1 is 1.03 bits per heavy atom. The molecule has 39 heavy (non-hydrogen) atoms. The van der Waals surface area contributed by atoms with Crippen molar-refractivity contribution in [3.63, 3.8) is 0 Å². The number of nitrogens with zero attached hydrogens (tertiary/aromatic N) is 3. The van der Waals surface area contributed by atoms with Gasteiger partial charge in [-0.25, -0.2) is 14.0 Å². The van der Waals surface area contributed by atoms with Crippen LogP contribution in [-0.2, 0) is 14.9 Å². The number of rotatable bonds is 6. The average molecular weight is 537 g/mol. The van der Waals surface area contributed by atoms with Gasteiger partial charge in [-0.3, -0.25) is 14.6 Å². The number of nitrogens with one attached hydrogen (secondary N) is 1. The van der Waals surface area contributed by atoms with Crippen LogP contribution in [0.25, 0.3) is 0 Å². The molecule has 2 aliphatic heterocycles. The molecular formula is C30H37FN4O4. The minimum Gasteiger partial charge on any atom is -0.463 e. The van der Waals surface area contributed by atoms with Crippen molar-refractivity contribution in [3.8, 4) is 0 Å². The van der Waals surface area contributed by atoms with Crippen LogP contribution in [0.15, 0.2) is 59.8 Å². The fourth-order valence-corrected chi connectivity index (χ4v) is 4.95. The highest BCUT2D eigenvalue weighted by Crippen LogP contribution is 2.33. The molecule has 0 radical (unpaired) electrons. The number of piperazine rings is 1. The summed E-state index contributed by atoms with van der Waals surface area (Å²) in [5.74, 6) is -1.35. The maximum atomic E-state index is 14.1. The largest absolute Gasteiger partial charge is 0.463 e. The molecule has 1 saturated heterocycles. The van der Waals surface area contributed by atoms with Crippen LogP contribution in [0.5, 0.6) is 0 Å². The van der Waals surface area contributed by atoms with Crippen LogP contribution in [0.1, 0.15) is 55.2 Å². The van der Waals surface area contributed by atoms with E-state index < -0.39 is 17.8 Å². The van der Waals surface area contributed by atoms with E-state index in [1.807, 2.05) is 24.3 Å². The van der Waals surface area contributed by atoms with E-state index >= 15 is 0 Å². The predicted molar refractivity (Wildman–Crippen MR) is 147 cm³/mol. The predicted octanol–water partition coefficient (Wildman–Crippen LogP) is 4.09. The third-order valence-electron chi connectivity index (χ3n) is 7.32. The van der Waals surface area contributed by atoms with Crippen molar-refractivity contribution in [1.82, 2.24) is 20.0 Å². The summed E-state index contributed by atoms with van der Waals surface area (Å²) in [6, 6.07) is 12.9. The van der Waals surface area contributed by atoms with Gasteiger partial charge >= 0.3 is 12.0 Å². The van der Waals surface area contributed by atoms with Crippen LogP contribution < -0.4 is 5.32 Å². The standard InChI is InChI=1S/C30H37FN4O4/c1-6-39-28(37)25-24(19-34-15-17-35(18-16-34)27(36)22-9-7-8-10-23(22)31)33(5)29(38)32-26(25)20-11-13-21(14-12-20)30(2,3)4/h7-14,26H,6,15-19H2,1-5H3,(H,32,38)/t26-/m0/s1. The molecule has 1 atom stereocenters. The van der Waals surface area contributed by atoms with Gasteiger partial charge in [0.1, 0.15) is 5.82 Å². The van der Waals surface area contributed by atoms with E-state index in [1.54, 1.807) is 31.0 Å². The lowest BCUT2D eigenvalue weighted by Gasteiger charge is -2.39. The molecule has 0 unspecified atom stereocenters. The molecule has 2 heterocycles. The molecule has 9 heteroatoms. The van der Waals surface area contributed by atoms with Crippen molar-refractivity contribution in [2.24, 2.45) is 0 Å². The van der Waals surface area contributed by atoms with E-state index in [0.29, 0.717) is 44.0 Å². The lowest BCUT2D eigenvalue weighted by molar-refractivity contribution is -0.139. The highest BCUT2D eigenvalue weighted by atomic mass is 19.1. The maximum Gasteiger partial charge on any atom is 0.338 e. The van der Waals surface area contributed by atoms with Gasteiger partial charge in [0, 0.05) is 45.5 Å². The van der Waals surface area contributed by atoms with Gasteiger partial charge in [0.2, 0.25) is 0 Å². The van der Waals surface area contributed by atoms with E-state index in [4.69, 9.17) is 4.74 Å². The first kappa shape index (κ1) is 28.3. The Balaban J connectivity index is 1.58. The number of likely N-dealkylation sites (N-methyl/N-ethyl adjacent to an activating group) is 1. The van der Waals surface area contributed by atoms with Gasteiger partial charge in [-0.2, -0.15) is 0 Å². The van der Waals surface area contributed by atoms with Gasteiger partial charge in [0.15, 0.2) is 0 Å². The number of hydrogen-bond acceptors (Lipinski definition) is 5. The molecule has 3 amide bonds. The van der Waals surface area contributed by atoms with E-state index in [2.05, 4.69) is 31.0 Å². The average Bonchev–Trinajstić information content (AvgIpc) is 2.91. The van der Waals surface area contributed by atoms with Crippen LogP contribution in [0, 0.1) is 5.82 Å². The van der Waals surface area contributed by atoms with Crippen LogP contribution in [-0.4, -0.2) is 79.0 Å². The van der Waals surface area contributed by atoms with E-state index in [-0.39, 0.29) is 29.5 Å². The van der Waals surface area contributed by atoms with Gasteiger partial charge in [-0.05, 0) is 35.6 Å². The molecule has 2 aromatic rings. The van der Waals surface area contributed by atoms with Crippen LogP contribution in [0.4, 0.5) is 9.18 Å². The lowest BCUT2D eigenvalue weighted by Crippen LogP contribution is -2.53. The van der Waals surface area contributed by atoms with Gasteiger partial charge in [-0.1, -0.05) is 57.2 Å². The molecule has 0 aromatic heterocycles. The SMILES string of the molecule is CCOC(=O)C1=C(CN2CCN(C(=O)c3ccccc3F)CC2)N(C)C(=O)N[C@H]1c1ccc(C(C)(C)C)cc1. The molecule has 0 spiro atoms. The summed E-state index contributed by atoms with van der Waals surface area (Å²) in [6.45, 7) is 10.5. The van der Waals surface area contributed by atoms with Gasteiger partial charge in [0.25, 0.3) is 5.91 Å². The number of esters is 1. The molecule has 8 nitrogen and oxygen atoms in total. The summed E-state index contributed by atoms with van der Waals surface area (Å²) in [4.78, 5) is 44.3. The molecule has 0 saturated carbocycles. The van der Waals surface area contributed by atoms with Crippen LogP contribution in [0.2, 0.25) is 0 Å². The van der Waals surface area contributed by atoms with Crippen LogP contribution in [0.3, 0.4) is 0 Å². The summed E-state index contributed by atoms with van der Waals surface area (Å²) in [7, 11) is 1.64. The molecule has 2 aromatic carbocycles. The highest BCUT2D eigenvalue weighted by Gasteiger charge is 2.38. The Kier molecular flexibility index (Phi) is 8.39. The van der Waals surface area contributed by atoms with E-state index in [1.165, 1.54) is 17.0 Å². The molecule has 1 N–H and O–H groups in total. The summed E-state index contributed by atoms with van der Waals surface area (Å²) < 4.78 is 19.6. The third-order valence-corrected chi connectivity index (χ3v) is 7.32. The monoisotopic (exact) mass is 536 g/mol. The number of carbonyl (C=O) groups excluding carboxylic acids is 3.